The first-order valence-electron chi connectivity index (χ1n) is 9.03. The molecule has 1 rings (SSSR count). The monoisotopic (exact) mass is 456 g/mol. The van der Waals surface area contributed by atoms with Crippen LogP contribution in [0.5, 0.6) is 0 Å². The Balaban J connectivity index is 0.00000529. The highest BCUT2D eigenvalue weighted by atomic mass is 127. The molecule has 1 atom stereocenters. The highest BCUT2D eigenvalue weighted by Crippen LogP contribution is 2.12. The van der Waals surface area contributed by atoms with Gasteiger partial charge in [0.2, 0.25) is 0 Å². The Labute approximate surface area is 165 Å². The van der Waals surface area contributed by atoms with Gasteiger partial charge in [-0.15, -0.1) is 24.0 Å². The fourth-order valence-corrected chi connectivity index (χ4v) is 2.80. The summed E-state index contributed by atoms with van der Waals surface area (Å²) in [6.07, 6.45) is 2.18. The van der Waals surface area contributed by atoms with Crippen molar-refractivity contribution in [1.29, 1.82) is 0 Å². The molecule has 0 amide bonds. The van der Waals surface area contributed by atoms with Gasteiger partial charge in [-0.05, 0) is 25.7 Å². The van der Waals surface area contributed by atoms with E-state index in [-0.39, 0.29) is 24.0 Å². The molecule has 1 aliphatic heterocycles. The number of halogens is 1. The van der Waals surface area contributed by atoms with Crippen LogP contribution in [0.15, 0.2) is 4.99 Å². The maximum Gasteiger partial charge on any atom is 0.191 e. The Hall–Kier alpha value is -0.120. The van der Waals surface area contributed by atoms with Crippen LogP contribution in [0, 0.1) is 5.92 Å². The van der Waals surface area contributed by atoms with E-state index in [2.05, 4.69) is 34.4 Å². The molecule has 0 aromatic carbocycles. The van der Waals surface area contributed by atoms with Gasteiger partial charge in [0, 0.05) is 52.5 Å². The minimum Gasteiger partial charge on any atom is -0.382 e. The third-order valence-corrected chi connectivity index (χ3v) is 4.20. The lowest BCUT2D eigenvalue weighted by molar-refractivity contribution is 0.00752. The average Bonchev–Trinajstić information content (AvgIpc) is 2.57. The average molecular weight is 456 g/mol. The van der Waals surface area contributed by atoms with E-state index in [0.717, 1.165) is 71.4 Å². The third-order valence-electron chi connectivity index (χ3n) is 4.20. The quantitative estimate of drug-likeness (QED) is 0.228. The maximum atomic E-state index is 5.46. The molecule has 1 heterocycles. The van der Waals surface area contributed by atoms with Gasteiger partial charge in [-0.3, -0.25) is 9.89 Å². The highest BCUT2D eigenvalue weighted by Gasteiger charge is 2.23. The van der Waals surface area contributed by atoms with Gasteiger partial charge in [0.25, 0.3) is 0 Å². The molecule has 1 aliphatic rings. The van der Waals surface area contributed by atoms with Crippen molar-refractivity contribution in [3.05, 3.63) is 0 Å². The van der Waals surface area contributed by atoms with E-state index in [1.54, 1.807) is 0 Å². The first kappa shape index (κ1) is 23.9. The largest absolute Gasteiger partial charge is 0.382 e. The van der Waals surface area contributed by atoms with Crippen molar-refractivity contribution in [2.45, 2.75) is 39.7 Å². The van der Waals surface area contributed by atoms with E-state index >= 15 is 0 Å². The molecule has 0 aromatic heterocycles. The van der Waals surface area contributed by atoms with Crippen LogP contribution in [0.4, 0.5) is 0 Å². The molecule has 7 heteroatoms. The summed E-state index contributed by atoms with van der Waals surface area (Å²) in [5.74, 6) is 1.49. The summed E-state index contributed by atoms with van der Waals surface area (Å²) in [4.78, 5) is 6.84. The van der Waals surface area contributed by atoms with Gasteiger partial charge >= 0.3 is 0 Å². The van der Waals surface area contributed by atoms with Gasteiger partial charge in [-0.2, -0.15) is 0 Å². The first-order chi connectivity index (χ1) is 11.2. The van der Waals surface area contributed by atoms with Crippen LogP contribution in [-0.4, -0.2) is 76.6 Å². The number of guanidine groups is 1. The van der Waals surface area contributed by atoms with Crippen LogP contribution in [0.2, 0.25) is 0 Å². The third kappa shape index (κ3) is 10.0. The van der Waals surface area contributed by atoms with Crippen molar-refractivity contribution in [3.63, 3.8) is 0 Å². The molecule has 1 unspecified atom stereocenters. The standard InChI is InChI=1S/C17H36N4O2.HI/c1-5-22-11-7-6-8-19-17(18-4)20-14-16(15(2)3)21-9-12-23-13-10-21;/h15-16H,5-14H2,1-4H3,(H2,18,19,20);1H. The van der Waals surface area contributed by atoms with Gasteiger partial charge in [0.15, 0.2) is 5.96 Å². The summed E-state index contributed by atoms with van der Waals surface area (Å²) < 4.78 is 10.8. The molecular formula is C17H37IN4O2. The molecular weight excluding hydrogens is 419 g/mol. The number of morpholine rings is 1. The van der Waals surface area contributed by atoms with Crippen molar-refractivity contribution in [2.75, 3.05) is 59.7 Å². The van der Waals surface area contributed by atoms with Crippen LogP contribution < -0.4 is 10.6 Å². The van der Waals surface area contributed by atoms with Gasteiger partial charge in [0.1, 0.15) is 0 Å². The van der Waals surface area contributed by atoms with E-state index in [9.17, 15) is 0 Å². The molecule has 0 bridgehead atoms. The lowest BCUT2D eigenvalue weighted by Crippen LogP contribution is -2.52. The second-order valence-electron chi connectivity index (χ2n) is 6.24. The molecule has 6 nitrogen and oxygen atoms in total. The maximum absolute atomic E-state index is 5.46. The van der Waals surface area contributed by atoms with Gasteiger partial charge in [0.05, 0.1) is 13.2 Å². The summed E-state index contributed by atoms with van der Waals surface area (Å²) in [6.45, 7) is 13.8. The van der Waals surface area contributed by atoms with Crippen LogP contribution in [0.3, 0.4) is 0 Å². The molecule has 144 valence electrons. The molecule has 2 N–H and O–H groups in total. The fraction of sp³-hybridized carbons (Fsp3) is 0.941. The van der Waals surface area contributed by atoms with E-state index < -0.39 is 0 Å². The van der Waals surface area contributed by atoms with Gasteiger partial charge in [-0.25, -0.2) is 0 Å². The Kier molecular flexibility index (Phi) is 15.1. The number of nitrogens with zero attached hydrogens (tertiary/aromatic N) is 2. The van der Waals surface area contributed by atoms with Gasteiger partial charge in [-0.1, -0.05) is 13.8 Å². The van der Waals surface area contributed by atoms with Crippen molar-refractivity contribution >= 4 is 29.9 Å². The predicted molar refractivity (Wildman–Crippen MR) is 112 cm³/mol. The van der Waals surface area contributed by atoms with E-state index in [1.165, 1.54) is 0 Å². The number of hydrogen-bond acceptors (Lipinski definition) is 4. The van der Waals surface area contributed by atoms with Crippen molar-refractivity contribution < 1.29 is 9.47 Å². The second-order valence-corrected chi connectivity index (χ2v) is 6.24. The summed E-state index contributed by atoms with van der Waals surface area (Å²) in [5.41, 5.74) is 0. The zero-order chi connectivity index (χ0) is 16.9. The smallest absolute Gasteiger partial charge is 0.191 e. The Morgan fingerprint density at radius 1 is 1.21 bits per heavy atom. The summed E-state index contributed by atoms with van der Waals surface area (Å²) in [7, 11) is 1.83. The van der Waals surface area contributed by atoms with Crippen LogP contribution in [0.25, 0.3) is 0 Å². The van der Waals surface area contributed by atoms with E-state index in [0.29, 0.717) is 12.0 Å². The molecule has 0 spiro atoms. The van der Waals surface area contributed by atoms with Crippen molar-refractivity contribution in [1.82, 2.24) is 15.5 Å². The summed E-state index contributed by atoms with van der Waals surface area (Å²) >= 11 is 0. The Bertz CT molecular complexity index is 324. The highest BCUT2D eigenvalue weighted by molar-refractivity contribution is 14.0. The van der Waals surface area contributed by atoms with Crippen molar-refractivity contribution in [2.24, 2.45) is 10.9 Å². The Morgan fingerprint density at radius 2 is 1.92 bits per heavy atom. The molecule has 0 aliphatic carbocycles. The molecule has 1 saturated heterocycles. The Morgan fingerprint density at radius 3 is 2.50 bits per heavy atom. The topological polar surface area (TPSA) is 58.1 Å². The molecule has 0 radical (unpaired) electrons. The lowest BCUT2D eigenvalue weighted by atomic mass is 10.0. The molecule has 24 heavy (non-hydrogen) atoms. The summed E-state index contributed by atoms with van der Waals surface area (Å²) in [5, 5.41) is 6.86. The number of ether oxygens (including phenoxy) is 2. The van der Waals surface area contributed by atoms with Crippen LogP contribution in [-0.2, 0) is 9.47 Å². The van der Waals surface area contributed by atoms with E-state index in [4.69, 9.17) is 9.47 Å². The number of nitrogens with one attached hydrogen (secondary N) is 2. The van der Waals surface area contributed by atoms with Gasteiger partial charge < -0.3 is 20.1 Å². The zero-order valence-corrected chi connectivity index (χ0v) is 18.2. The number of aliphatic imine (C=N–C) groups is 1. The minimum atomic E-state index is 0. The number of unbranched alkanes of at least 4 members (excludes halogenated alkanes) is 1. The SMILES string of the molecule is CCOCCCCNC(=NC)NCC(C(C)C)N1CCOCC1.I. The fourth-order valence-electron chi connectivity index (χ4n) is 2.80. The van der Waals surface area contributed by atoms with Crippen molar-refractivity contribution in [3.8, 4) is 0 Å². The second kappa shape index (κ2) is 15.2. The summed E-state index contributed by atoms with van der Waals surface area (Å²) in [6, 6.07) is 0.510. The van der Waals surface area contributed by atoms with E-state index in [1.807, 2.05) is 14.0 Å². The normalized spacial score (nSPS) is 17.5. The first-order valence-corrected chi connectivity index (χ1v) is 9.03. The predicted octanol–water partition coefficient (Wildman–Crippen LogP) is 1.94. The van der Waals surface area contributed by atoms with Crippen LogP contribution in [0.1, 0.15) is 33.6 Å². The molecule has 0 aromatic rings. The molecule has 0 saturated carbocycles. The van der Waals surface area contributed by atoms with Crippen LogP contribution >= 0.6 is 24.0 Å². The molecule has 1 fully saturated rings. The number of rotatable bonds is 10. The number of hydrogen-bond donors (Lipinski definition) is 2. The minimum absolute atomic E-state index is 0. The lowest BCUT2D eigenvalue weighted by Gasteiger charge is -2.37. The zero-order valence-electron chi connectivity index (χ0n) is 15.8.